The van der Waals surface area contributed by atoms with Gasteiger partial charge in [0.2, 0.25) is 5.22 Å². The summed E-state index contributed by atoms with van der Waals surface area (Å²) in [5.74, 6) is 0.407. The predicted molar refractivity (Wildman–Crippen MR) is 72.4 cm³/mol. The zero-order valence-corrected chi connectivity index (χ0v) is 10.8. The van der Waals surface area contributed by atoms with E-state index in [1.807, 2.05) is 0 Å². The first-order valence-corrected chi connectivity index (χ1v) is 6.04. The Kier molecular flexibility index (Phi) is 4.30. The molecule has 2 aromatic rings. The number of nitrogens with two attached hydrogens (primary N) is 1. The third-order valence-corrected chi connectivity index (χ3v) is 2.69. The molecule has 1 aromatic carbocycles. The van der Waals surface area contributed by atoms with Crippen molar-refractivity contribution in [3.05, 3.63) is 47.4 Å². The molecule has 0 fully saturated rings. The summed E-state index contributed by atoms with van der Waals surface area (Å²) in [7, 11) is 0. The first kappa shape index (κ1) is 13.3. The Bertz CT molecular complexity index is 551. The lowest BCUT2D eigenvalue weighted by molar-refractivity contribution is 0.0946. The predicted octanol–water partition coefficient (Wildman–Crippen LogP) is 2.32. The van der Waals surface area contributed by atoms with Gasteiger partial charge in [-0.15, -0.1) is 0 Å². The van der Waals surface area contributed by atoms with Crippen LogP contribution in [0.3, 0.4) is 0 Å². The average molecular weight is 281 g/mol. The molecule has 1 aromatic heterocycles. The van der Waals surface area contributed by atoms with E-state index < -0.39 is 0 Å². The van der Waals surface area contributed by atoms with E-state index in [-0.39, 0.29) is 11.1 Å². The van der Waals surface area contributed by atoms with Gasteiger partial charge >= 0.3 is 0 Å². The fourth-order valence-electron chi connectivity index (χ4n) is 1.45. The zero-order chi connectivity index (χ0) is 13.7. The van der Waals surface area contributed by atoms with E-state index in [2.05, 4.69) is 5.32 Å². The molecule has 5 nitrogen and oxygen atoms in total. The van der Waals surface area contributed by atoms with Crippen LogP contribution in [0.1, 0.15) is 10.4 Å². The lowest BCUT2D eigenvalue weighted by Crippen LogP contribution is -2.27. The van der Waals surface area contributed by atoms with Gasteiger partial charge in [-0.05, 0) is 41.9 Å². The van der Waals surface area contributed by atoms with Crippen molar-refractivity contribution in [2.45, 2.75) is 0 Å². The van der Waals surface area contributed by atoms with Crippen molar-refractivity contribution in [3.8, 4) is 5.75 Å². The third kappa shape index (κ3) is 3.66. The van der Waals surface area contributed by atoms with Crippen LogP contribution in [-0.2, 0) is 0 Å². The van der Waals surface area contributed by atoms with Crippen LogP contribution in [0.4, 0.5) is 5.69 Å². The second kappa shape index (κ2) is 6.15. The summed E-state index contributed by atoms with van der Waals surface area (Å²) in [6.45, 7) is 0.718. The van der Waals surface area contributed by atoms with Gasteiger partial charge in [0.1, 0.15) is 12.4 Å². The Labute approximate surface area is 115 Å². The molecule has 0 aliphatic heterocycles. The molecule has 0 saturated heterocycles. The summed E-state index contributed by atoms with van der Waals surface area (Å²) in [4.78, 5) is 11.7. The monoisotopic (exact) mass is 280 g/mol. The van der Waals surface area contributed by atoms with Crippen molar-refractivity contribution in [1.82, 2.24) is 5.32 Å². The molecule has 0 unspecified atom stereocenters. The fraction of sp³-hybridized carbons (Fsp3) is 0.154. The van der Waals surface area contributed by atoms with E-state index in [0.717, 1.165) is 0 Å². The number of halogens is 1. The van der Waals surface area contributed by atoms with Crippen LogP contribution in [0.5, 0.6) is 5.75 Å². The lowest BCUT2D eigenvalue weighted by Gasteiger charge is -2.07. The van der Waals surface area contributed by atoms with E-state index in [4.69, 9.17) is 26.5 Å². The SMILES string of the molecule is Nc1ccc(OCCNC(=O)c2ccoc2Cl)cc1. The standard InChI is InChI=1S/C13H13ClN2O3/c14-12-11(5-7-19-12)13(17)16-6-8-18-10-3-1-9(15)2-4-10/h1-5,7H,6,8,15H2,(H,16,17). The van der Waals surface area contributed by atoms with Gasteiger partial charge in [-0.3, -0.25) is 4.79 Å². The summed E-state index contributed by atoms with van der Waals surface area (Å²) >= 11 is 5.69. The molecular weight excluding hydrogens is 268 g/mol. The van der Waals surface area contributed by atoms with Crippen molar-refractivity contribution >= 4 is 23.2 Å². The highest BCUT2D eigenvalue weighted by Crippen LogP contribution is 2.16. The lowest BCUT2D eigenvalue weighted by atomic mass is 10.3. The molecule has 3 N–H and O–H groups in total. The summed E-state index contributed by atoms with van der Waals surface area (Å²) in [5.41, 5.74) is 6.55. The van der Waals surface area contributed by atoms with Gasteiger partial charge in [-0.25, -0.2) is 0 Å². The van der Waals surface area contributed by atoms with Crippen molar-refractivity contribution in [3.63, 3.8) is 0 Å². The number of amides is 1. The summed E-state index contributed by atoms with van der Waals surface area (Å²) in [6.07, 6.45) is 1.36. The number of furan rings is 1. The molecule has 0 aliphatic rings. The average Bonchev–Trinajstić information content (AvgIpc) is 2.83. The van der Waals surface area contributed by atoms with Crippen LogP contribution in [0, 0.1) is 0 Å². The minimum atomic E-state index is -0.292. The summed E-state index contributed by atoms with van der Waals surface area (Å²) < 4.78 is 10.3. The molecular formula is C13H13ClN2O3. The Morgan fingerprint density at radius 1 is 1.32 bits per heavy atom. The maximum atomic E-state index is 11.7. The van der Waals surface area contributed by atoms with E-state index in [1.54, 1.807) is 24.3 Å². The molecule has 0 atom stereocenters. The van der Waals surface area contributed by atoms with Crippen LogP contribution in [0.25, 0.3) is 0 Å². The molecule has 19 heavy (non-hydrogen) atoms. The molecule has 0 radical (unpaired) electrons. The number of carbonyl (C=O) groups excluding carboxylic acids is 1. The second-order valence-corrected chi connectivity index (χ2v) is 4.12. The van der Waals surface area contributed by atoms with E-state index in [1.165, 1.54) is 12.3 Å². The molecule has 100 valence electrons. The van der Waals surface area contributed by atoms with Gasteiger partial charge in [0.15, 0.2) is 0 Å². The summed E-state index contributed by atoms with van der Waals surface area (Å²) in [6, 6.07) is 8.55. The van der Waals surface area contributed by atoms with Crippen LogP contribution in [0.2, 0.25) is 5.22 Å². The van der Waals surface area contributed by atoms with E-state index in [0.29, 0.717) is 30.2 Å². The molecule has 6 heteroatoms. The van der Waals surface area contributed by atoms with E-state index >= 15 is 0 Å². The van der Waals surface area contributed by atoms with Crippen LogP contribution in [-0.4, -0.2) is 19.1 Å². The van der Waals surface area contributed by atoms with Crippen molar-refractivity contribution < 1.29 is 13.9 Å². The smallest absolute Gasteiger partial charge is 0.256 e. The third-order valence-electron chi connectivity index (χ3n) is 2.40. The van der Waals surface area contributed by atoms with Gasteiger partial charge in [0.25, 0.3) is 5.91 Å². The van der Waals surface area contributed by atoms with Crippen LogP contribution >= 0.6 is 11.6 Å². The first-order chi connectivity index (χ1) is 9.16. The minimum absolute atomic E-state index is 0.0805. The zero-order valence-electron chi connectivity index (χ0n) is 10.1. The molecule has 0 bridgehead atoms. The highest BCUT2D eigenvalue weighted by Gasteiger charge is 2.11. The number of nitrogens with one attached hydrogen (secondary N) is 1. The summed E-state index contributed by atoms with van der Waals surface area (Å²) in [5, 5.41) is 2.75. The topological polar surface area (TPSA) is 77.5 Å². The number of benzene rings is 1. The Balaban J connectivity index is 1.74. The normalized spacial score (nSPS) is 10.2. The quantitative estimate of drug-likeness (QED) is 0.651. The fourth-order valence-corrected chi connectivity index (χ4v) is 1.65. The largest absolute Gasteiger partial charge is 0.492 e. The Hall–Kier alpha value is -2.14. The molecule has 1 heterocycles. The van der Waals surface area contributed by atoms with Gasteiger partial charge in [-0.2, -0.15) is 0 Å². The molecule has 0 saturated carbocycles. The Morgan fingerprint density at radius 3 is 2.68 bits per heavy atom. The minimum Gasteiger partial charge on any atom is -0.492 e. The number of ether oxygens (including phenoxy) is 1. The maximum Gasteiger partial charge on any atom is 0.256 e. The van der Waals surface area contributed by atoms with Crippen LogP contribution < -0.4 is 15.8 Å². The number of anilines is 1. The highest BCUT2D eigenvalue weighted by atomic mass is 35.5. The molecule has 0 spiro atoms. The van der Waals surface area contributed by atoms with Crippen molar-refractivity contribution in [2.75, 3.05) is 18.9 Å². The number of hydrogen-bond acceptors (Lipinski definition) is 4. The molecule has 0 aliphatic carbocycles. The van der Waals surface area contributed by atoms with Gasteiger partial charge in [0.05, 0.1) is 18.4 Å². The van der Waals surface area contributed by atoms with E-state index in [9.17, 15) is 4.79 Å². The molecule has 2 rings (SSSR count). The first-order valence-electron chi connectivity index (χ1n) is 5.66. The highest BCUT2D eigenvalue weighted by molar-refractivity contribution is 6.32. The van der Waals surface area contributed by atoms with Gasteiger partial charge < -0.3 is 20.2 Å². The maximum absolute atomic E-state index is 11.7. The second-order valence-electron chi connectivity index (χ2n) is 3.78. The number of rotatable bonds is 5. The molecule has 1 amide bonds. The number of nitrogen functional groups attached to an aromatic ring is 1. The number of carbonyl (C=O) groups is 1. The van der Waals surface area contributed by atoms with Crippen molar-refractivity contribution in [1.29, 1.82) is 0 Å². The number of hydrogen-bond donors (Lipinski definition) is 2. The van der Waals surface area contributed by atoms with Gasteiger partial charge in [0, 0.05) is 5.69 Å². The Morgan fingerprint density at radius 2 is 2.05 bits per heavy atom. The van der Waals surface area contributed by atoms with Gasteiger partial charge in [-0.1, -0.05) is 0 Å². The van der Waals surface area contributed by atoms with Crippen LogP contribution in [0.15, 0.2) is 41.0 Å². The van der Waals surface area contributed by atoms with Crippen molar-refractivity contribution in [2.24, 2.45) is 0 Å².